The molecule has 154 valence electrons. The minimum absolute atomic E-state index is 0.109. The van der Waals surface area contributed by atoms with Crippen LogP contribution in [0.15, 0.2) is 52.5 Å². The lowest BCUT2D eigenvalue weighted by Gasteiger charge is -2.26. The Kier molecular flexibility index (Phi) is 6.57. The number of aryl methyl sites for hydroxylation is 1. The predicted octanol–water partition coefficient (Wildman–Crippen LogP) is 2.62. The van der Waals surface area contributed by atoms with Crippen molar-refractivity contribution in [2.75, 3.05) is 31.7 Å². The van der Waals surface area contributed by atoms with Gasteiger partial charge in [-0.15, -0.1) is 0 Å². The number of morpholine rings is 1. The summed E-state index contributed by atoms with van der Waals surface area (Å²) in [4.78, 5) is 10.7. The van der Waals surface area contributed by atoms with Gasteiger partial charge in [-0.1, -0.05) is 31.2 Å². The van der Waals surface area contributed by atoms with Crippen LogP contribution < -0.4 is 5.43 Å². The Morgan fingerprint density at radius 3 is 2.52 bits per heavy atom. The molecule has 0 unspecified atom stereocenters. The second kappa shape index (κ2) is 9.12. The van der Waals surface area contributed by atoms with Gasteiger partial charge in [0.1, 0.15) is 5.69 Å². The summed E-state index contributed by atoms with van der Waals surface area (Å²) in [5.41, 5.74) is 4.41. The number of nitro benzene ring substituents is 1. The van der Waals surface area contributed by atoms with E-state index >= 15 is 0 Å². The molecule has 0 amide bonds. The summed E-state index contributed by atoms with van der Waals surface area (Å²) < 4.78 is 31.9. The van der Waals surface area contributed by atoms with E-state index in [9.17, 15) is 18.5 Å². The van der Waals surface area contributed by atoms with Crippen LogP contribution in [0.1, 0.15) is 18.1 Å². The minimum Gasteiger partial charge on any atom is -0.379 e. The summed E-state index contributed by atoms with van der Waals surface area (Å²) in [6, 6.07) is 11.5. The summed E-state index contributed by atoms with van der Waals surface area (Å²) in [7, 11) is -3.82. The summed E-state index contributed by atoms with van der Waals surface area (Å²) >= 11 is 0. The molecule has 1 saturated heterocycles. The zero-order valence-corrected chi connectivity index (χ0v) is 16.8. The molecule has 10 heteroatoms. The van der Waals surface area contributed by atoms with Crippen LogP contribution in [0.5, 0.6) is 0 Å². The largest absolute Gasteiger partial charge is 0.379 e. The number of hydrogen-bond donors (Lipinski definition) is 1. The van der Waals surface area contributed by atoms with E-state index in [4.69, 9.17) is 4.74 Å². The third-order valence-electron chi connectivity index (χ3n) is 4.56. The van der Waals surface area contributed by atoms with Crippen LogP contribution in [-0.4, -0.2) is 50.2 Å². The van der Waals surface area contributed by atoms with Crippen molar-refractivity contribution in [1.29, 1.82) is 0 Å². The number of sulfonamides is 1. The van der Waals surface area contributed by atoms with Crippen molar-refractivity contribution >= 4 is 27.6 Å². The molecule has 1 aliphatic rings. The molecule has 0 atom stereocenters. The van der Waals surface area contributed by atoms with Crippen molar-refractivity contribution < 1.29 is 18.1 Å². The SMILES string of the molecule is CCc1ccc(C=NNc2ccc(S(=O)(=O)N3CCOCC3)cc2[N+](=O)[O-])cc1. The van der Waals surface area contributed by atoms with Gasteiger partial charge in [0.15, 0.2) is 0 Å². The van der Waals surface area contributed by atoms with Gasteiger partial charge in [-0.3, -0.25) is 15.5 Å². The third kappa shape index (κ3) is 4.97. The highest BCUT2D eigenvalue weighted by Crippen LogP contribution is 2.29. The van der Waals surface area contributed by atoms with Crippen molar-refractivity contribution in [2.24, 2.45) is 5.10 Å². The summed E-state index contributed by atoms with van der Waals surface area (Å²) in [5.74, 6) is 0. The van der Waals surface area contributed by atoms with Crippen LogP contribution >= 0.6 is 0 Å². The highest BCUT2D eigenvalue weighted by Gasteiger charge is 2.28. The quantitative estimate of drug-likeness (QED) is 0.420. The first-order chi connectivity index (χ1) is 13.9. The molecule has 0 radical (unpaired) electrons. The van der Waals surface area contributed by atoms with Crippen LogP contribution in [0.2, 0.25) is 0 Å². The monoisotopic (exact) mass is 418 g/mol. The number of nitrogens with one attached hydrogen (secondary N) is 1. The fourth-order valence-corrected chi connectivity index (χ4v) is 4.30. The van der Waals surface area contributed by atoms with Crippen molar-refractivity contribution in [3.63, 3.8) is 0 Å². The van der Waals surface area contributed by atoms with E-state index in [0.29, 0.717) is 13.2 Å². The predicted molar refractivity (Wildman–Crippen MR) is 110 cm³/mol. The second-order valence-electron chi connectivity index (χ2n) is 6.42. The number of nitrogens with zero attached hydrogens (tertiary/aromatic N) is 3. The third-order valence-corrected chi connectivity index (χ3v) is 6.45. The van der Waals surface area contributed by atoms with Crippen LogP contribution in [0.25, 0.3) is 0 Å². The van der Waals surface area contributed by atoms with Gasteiger partial charge in [0.05, 0.1) is 29.2 Å². The van der Waals surface area contributed by atoms with E-state index in [0.717, 1.165) is 18.1 Å². The van der Waals surface area contributed by atoms with Crippen molar-refractivity contribution in [2.45, 2.75) is 18.2 Å². The first-order valence-corrected chi connectivity index (χ1v) is 10.6. The first kappa shape index (κ1) is 20.9. The molecule has 0 aromatic heterocycles. The average Bonchev–Trinajstić information content (AvgIpc) is 2.74. The molecule has 1 N–H and O–H groups in total. The molecule has 0 saturated carbocycles. The minimum atomic E-state index is -3.82. The van der Waals surface area contributed by atoms with E-state index in [-0.39, 0.29) is 29.4 Å². The van der Waals surface area contributed by atoms with Gasteiger partial charge in [0.25, 0.3) is 5.69 Å². The Balaban J connectivity index is 1.80. The van der Waals surface area contributed by atoms with Gasteiger partial charge < -0.3 is 4.74 Å². The van der Waals surface area contributed by atoms with Gasteiger partial charge in [0.2, 0.25) is 10.0 Å². The summed E-state index contributed by atoms with van der Waals surface area (Å²) in [6.45, 7) is 3.10. The zero-order chi connectivity index (χ0) is 20.9. The number of rotatable bonds is 7. The smallest absolute Gasteiger partial charge is 0.295 e. The molecule has 2 aromatic rings. The summed E-state index contributed by atoms with van der Waals surface area (Å²) in [6.07, 6.45) is 2.48. The van der Waals surface area contributed by atoms with Gasteiger partial charge in [-0.05, 0) is 29.7 Å². The van der Waals surface area contributed by atoms with Crippen LogP contribution in [0.3, 0.4) is 0 Å². The van der Waals surface area contributed by atoms with Gasteiger partial charge >= 0.3 is 0 Å². The maximum Gasteiger partial charge on any atom is 0.295 e. The Morgan fingerprint density at radius 1 is 1.21 bits per heavy atom. The number of nitro groups is 1. The molecule has 29 heavy (non-hydrogen) atoms. The Hall–Kier alpha value is -2.82. The topological polar surface area (TPSA) is 114 Å². The van der Waals surface area contributed by atoms with E-state index in [1.54, 1.807) is 6.21 Å². The highest BCUT2D eigenvalue weighted by atomic mass is 32.2. The maximum absolute atomic E-state index is 12.7. The molecular weight excluding hydrogens is 396 g/mol. The van der Waals surface area contributed by atoms with Crippen LogP contribution in [0, 0.1) is 10.1 Å². The van der Waals surface area contributed by atoms with Gasteiger partial charge in [0, 0.05) is 19.2 Å². The number of ether oxygens (including phenoxy) is 1. The van der Waals surface area contributed by atoms with Crippen molar-refractivity contribution in [3.8, 4) is 0 Å². The highest BCUT2D eigenvalue weighted by molar-refractivity contribution is 7.89. The Labute approximate surface area is 169 Å². The molecule has 1 aliphatic heterocycles. The first-order valence-electron chi connectivity index (χ1n) is 9.16. The molecule has 2 aromatic carbocycles. The van der Waals surface area contributed by atoms with Crippen molar-refractivity contribution in [1.82, 2.24) is 4.31 Å². The number of hydrazone groups is 1. The van der Waals surface area contributed by atoms with Gasteiger partial charge in [-0.2, -0.15) is 9.41 Å². The van der Waals surface area contributed by atoms with E-state index in [1.165, 1.54) is 22.0 Å². The van der Waals surface area contributed by atoms with Crippen LogP contribution in [-0.2, 0) is 21.2 Å². The molecule has 0 bridgehead atoms. The lowest BCUT2D eigenvalue weighted by molar-refractivity contribution is -0.384. The Morgan fingerprint density at radius 2 is 1.90 bits per heavy atom. The van der Waals surface area contributed by atoms with Gasteiger partial charge in [-0.25, -0.2) is 8.42 Å². The number of hydrogen-bond acceptors (Lipinski definition) is 7. The molecule has 1 heterocycles. The standard InChI is InChI=1S/C19H22N4O5S/c1-2-15-3-5-16(6-4-15)14-20-21-18-8-7-17(13-19(18)23(24)25)29(26,27)22-9-11-28-12-10-22/h3-8,13-14,21H,2,9-12H2,1H3. The summed E-state index contributed by atoms with van der Waals surface area (Å²) in [5, 5.41) is 15.5. The fourth-order valence-electron chi connectivity index (χ4n) is 2.87. The average molecular weight is 418 g/mol. The second-order valence-corrected chi connectivity index (χ2v) is 8.36. The molecule has 0 aliphatic carbocycles. The fraction of sp³-hybridized carbons (Fsp3) is 0.316. The molecule has 1 fully saturated rings. The maximum atomic E-state index is 12.7. The van der Waals surface area contributed by atoms with E-state index in [1.807, 2.05) is 24.3 Å². The van der Waals surface area contributed by atoms with E-state index < -0.39 is 14.9 Å². The molecular formula is C19H22N4O5S. The lowest BCUT2D eigenvalue weighted by atomic mass is 10.1. The van der Waals surface area contributed by atoms with Crippen LogP contribution in [0.4, 0.5) is 11.4 Å². The number of benzene rings is 2. The lowest BCUT2D eigenvalue weighted by Crippen LogP contribution is -2.40. The van der Waals surface area contributed by atoms with Crippen molar-refractivity contribution in [3.05, 3.63) is 63.7 Å². The normalized spacial score (nSPS) is 15.5. The molecule has 3 rings (SSSR count). The number of anilines is 1. The van der Waals surface area contributed by atoms with E-state index in [2.05, 4.69) is 17.5 Å². The zero-order valence-electron chi connectivity index (χ0n) is 15.9. The molecule has 9 nitrogen and oxygen atoms in total. The Bertz CT molecular complexity index is 1000. The molecule has 0 spiro atoms.